The van der Waals surface area contributed by atoms with Crippen LogP contribution in [0.1, 0.15) is 35.9 Å². The zero-order chi connectivity index (χ0) is 18.7. The molecule has 0 bridgehead atoms. The summed E-state index contributed by atoms with van der Waals surface area (Å²) >= 11 is 0. The molecule has 0 spiro atoms. The summed E-state index contributed by atoms with van der Waals surface area (Å²) in [4.78, 5) is 17.7. The van der Waals surface area contributed by atoms with Crippen LogP contribution in [0.15, 0.2) is 39.8 Å². The van der Waals surface area contributed by atoms with Crippen LogP contribution in [-0.4, -0.2) is 15.1 Å². The molecule has 0 aliphatic heterocycles. The summed E-state index contributed by atoms with van der Waals surface area (Å²) in [6, 6.07) is 7.60. The minimum Gasteiger partial charge on any atom is -0.618 e. The quantitative estimate of drug-likeness (QED) is 0.431. The van der Waals surface area contributed by atoms with Gasteiger partial charge in [0.25, 0.3) is 0 Å². The van der Waals surface area contributed by atoms with Crippen molar-refractivity contribution in [2.24, 2.45) is 0 Å². The largest absolute Gasteiger partial charge is 0.618 e. The van der Waals surface area contributed by atoms with Gasteiger partial charge in [0, 0.05) is 23.1 Å². The number of imidazole rings is 1. The molecule has 0 atom stereocenters. The van der Waals surface area contributed by atoms with Crippen LogP contribution in [0.2, 0.25) is 0 Å². The minimum atomic E-state index is -0.277. The van der Waals surface area contributed by atoms with Gasteiger partial charge in [0.15, 0.2) is 6.20 Å². The Morgan fingerprint density at radius 3 is 2.74 bits per heavy atom. The van der Waals surface area contributed by atoms with Crippen LogP contribution in [0, 0.1) is 19.1 Å². The molecule has 1 aromatic carbocycles. The van der Waals surface area contributed by atoms with Crippen molar-refractivity contribution in [3.8, 4) is 22.3 Å². The monoisotopic (exact) mass is 362 g/mol. The van der Waals surface area contributed by atoms with Gasteiger partial charge in [-0.15, -0.1) is 0 Å². The first-order valence-corrected chi connectivity index (χ1v) is 8.94. The second kappa shape index (κ2) is 5.57. The highest BCUT2D eigenvalue weighted by Crippen LogP contribution is 2.44. The number of rotatable bonds is 3. The van der Waals surface area contributed by atoms with Gasteiger partial charge < -0.3 is 19.7 Å². The highest BCUT2D eigenvalue weighted by atomic mass is 16.5. The average molecular weight is 362 g/mol. The van der Waals surface area contributed by atoms with Crippen molar-refractivity contribution >= 4 is 11.0 Å². The van der Waals surface area contributed by atoms with E-state index in [2.05, 4.69) is 15.1 Å². The molecule has 0 saturated heterocycles. The van der Waals surface area contributed by atoms with E-state index in [1.807, 2.05) is 32.0 Å². The Morgan fingerprint density at radius 1 is 1.22 bits per heavy atom. The van der Waals surface area contributed by atoms with Gasteiger partial charge in [-0.3, -0.25) is 0 Å². The Bertz CT molecular complexity index is 1220. The highest BCUT2D eigenvalue weighted by Gasteiger charge is 2.34. The molecule has 4 aromatic rings. The molecule has 3 heterocycles. The van der Waals surface area contributed by atoms with Crippen LogP contribution in [0.5, 0.6) is 0 Å². The Balaban J connectivity index is 1.85. The van der Waals surface area contributed by atoms with E-state index in [1.165, 1.54) is 6.20 Å². The number of aryl methyl sites for hydroxylation is 2. The number of aromatic amines is 2. The van der Waals surface area contributed by atoms with Gasteiger partial charge in [0.1, 0.15) is 5.76 Å². The Hall–Kier alpha value is -3.35. The fourth-order valence-electron chi connectivity index (χ4n) is 3.88. The molecule has 3 aromatic heterocycles. The summed E-state index contributed by atoms with van der Waals surface area (Å²) in [7, 11) is 0. The molecule has 0 radical (unpaired) electrons. The van der Waals surface area contributed by atoms with Crippen LogP contribution in [0.3, 0.4) is 0 Å². The van der Waals surface area contributed by atoms with Gasteiger partial charge in [-0.25, -0.2) is 4.79 Å². The second-order valence-corrected chi connectivity index (χ2v) is 7.13. The molecule has 0 unspecified atom stereocenters. The number of H-pyrrole nitrogens is 2. The maximum atomic E-state index is 12.5. The third kappa shape index (κ3) is 2.46. The number of hydrogen-bond acceptors (Lipinski definition) is 4. The van der Waals surface area contributed by atoms with Gasteiger partial charge in [-0.2, -0.15) is 4.73 Å². The lowest BCUT2D eigenvalue weighted by atomic mass is 9.95. The highest BCUT2D eigenvalue weighted by molar-refractivity contribution is 5.96. The molecule has 1 saturated carbocycles. The number of nitrogens with one attached hydrogen (secondary N) is 2. The van der Waals surface area contributed by atoms with Crippen molar-refractivity contribution in [1.29, 1.82) is 0 Å². The van der Waals surface area contributed by atoms with E-state index in [0.29, 0.717) is 16.8 Å². The van der Waals surface area contributed by atoms with E-state index < -0.39 is 0 Å². The molecule has 27 heavy (non-hydrogen) atoms. The number of aromatic nitrogens is 4. The first kappa shape index (κ1) is 15.9. The molecular weight excluding hydrogens is 344 g/mol. The number of nitrogens with zero attached hydrogens (tertiary/aromatic N) is 2. The number of benzene rings is 1. The van der Waals surface area contributed by atoms with E-state index in [4.69, 9.17) is 4.52 Å². The lowest BCUT2D eigenvalue weighted by molar-refractivity contribution is -0.613. The Labute approximate surface area is 154 Å². The first-order valence-electron chi connectivity index (χ1n) is 8.94. The van der Waals surface area contributed by atoms with Gasteiger partial charge >= 0.3 is 5.69 Å². The van der Waals surface area contributed by atoms with Crippen LogP contribution in [-0.2, 0) is 0 Å². The van der Waals surface area contributed by atoms with Gasteiger partial charge in [-0.1, -0.05) is 5.16 Å². The Morgan fingerprint density at radius 2 is 2.04 bits per heavy atom. The number of pyridine rings is 1. The number of fused-ring (bicyclic) bond motifs is 1. The third-order valence-corrected chi connectivity index (χ3v) is 5.20. The fourth-order valence-corrected chi connectivity index (χ4v) is 3.88. The molecule has 1 aliphatic rings. The lowest BCUT2D eigenvalue weighted by Crippen LogP contribution is -2.31. The van der Waals surface area contributed by atoms with Crippen LogP contribution >= 0.6 is 0 Å². The topological polar surface area (TPSA) is 102 Å². The van der Waals surface area contributed by atoms with Crippen LogP contribution in [0.25, 0.3) is 33.3 Å². The summed E-state index contributed by atoms with van der Waals surface area (Å²) < 4.78 is 6.27. The molecule has 2 N–H and O–H groups in total. The van der Waals surface area contributed by atoms with Crippen molar-refractivity contribution in [3.63, 3.8) is 0 Å². The fraction of sp³-hybridized carbons (Fsp3) is 0.250. The van der Waals surface area contributed by atoms with Crippen molar-refractivity contribution < 1.29 is 9.25 Å². The summed E-state index contributed by atoms with van der Waals surface area (Å²) in [6.45, 7) is 3.75. The molecule has 1 fully saturated rings. The lowest BCUT2D eigenvalue weighted by Gasteiger charge is -2.12. The molecule has 7 nitrogen and oxygen atoms in total. The summed E-state index contributed by atoms with van der Waals surface area (Å²) in [5.41, 5.74) is 6.13. The molecule has 7 heteroatoms. The summed E-state index contributed by atoms with van der Waals surface area (Å²) in [5.74, 6) is 0.979. The van der Waals surface area contributed by atoms with E-state index in [1.54, 1.807) is 6.07 Å². The second-order valence-electron chi connectivity index (χ2n) is 7.13. The minimum absolute atomic E-state index is 0.266. The molecule has 136 valence electrons. The predicted molar refractivity (Wildman–Crippen MR) is 100 cm³/mol. The SMILES string of the molecule is Cc1noc(C)c1-c1cc(-c2ccc[n+]([O-])c2C2CC2)c2[nH]c(=O)[nH]c2c1. The van der Waals surface area contributed by atoms with E-state index in [-0.39, 0.29) is 11.6 Å². The Kier molecular flexibility index (Phi) is 3.28. The first-order chi connectivity index (χ1) is 13.0. The summed E-state index contributed by atoms with van der Waals surface area (Å²) in [6.07, 6.45) is 3.55. The van der Waals surface area contributed by atoms with Gasteiger partial charge in [0.2, 0.25) is 5.69 Å². The van der Waals surface area contributed by atoms with Gasteiger partial charge in [-0.05, 0) is 50.5 Å². The van der Waals surface area contributed by atoms with Gasteiger partial charge in [0.05, 0.1) is 22.3 Å². The van der Waals surface area contributed by atoms with Crippen LogP contribution in [0.4, 0.5) is 0 Å². The zero-order valence-corrected chi connectivity index (χ0v) is 15.0. The smallest absolute Gasteiger partial charge is 0.323 e. The maximum Gasteiger partial charge on any atom is 0.323 e. The van der Waals surface area contributed by atoms with Crippen LogP contribution < -0.4 is 10.4 Å². The molecule has 1 aliphatic carbocycles. The zero-order valence-electron chi connectivity index (χ0n) is 15.0. The molecule has 0 amide bonds. The predicted octanol–water partition coefficient (Wildman–Crippen LogP) is 3.31. The van der Waals surface area contributed by atoms with E-state index >= 15 is 0 Å². The average Bonchev–Trinajstić information content (AvgIpc) is 3.31. The van der Waals surface area contributed by atoms with Crippen molar-refractivity contribution in [2.75, 3.05) is 0 Å². The molecular formula is C20H18N4O3. The van der Waals surface area contributed by atoms with Crippen molar-refractivity contribution in [2.45, 2.75) is 32.6 Å². The van der Waals surface area contributed by atoms with E-state index in [9.17, 15) is 10.0 Å². The van der Waals surface area contributed by atoms with E-state index in [0.717, 1.165) is 51.2 Å². The van der Waals surface area contributed by atoms with Crippen molar-refractivity contribution in [1.82, 2.24) is 15.1 Å². The number of hydrogen-bond donors (Lipinski definition) is 2. The summed E-state index contributed by atoms with van der Waals surface area (Å²) in [5, 5.41) is 16.5. The van der Waals surface area contributed by atoms with Crippen molar-refractivity contribution in [3.05, 3.63) is 63.3 Å². The molecule has 5 rings (SSSR count). The third-order valence-electron chi connectivity index (χ3n) is 5.20. The normalized spacial score (nSPS) is 14.1. The standard InChI is InChI=1S/C20H18N4O3/c1-10-17(11(2)27-23-10)13-8-15(18-16(9-13)21-20(25)22-18)14-4-3-7-24(26)19(14)12-5-6-12/h3-4,7-9,12H,5-6H2,1-2H3,(H2,21,22,25). The maximum absolute atomic E-state index is 12.5.